The summed E-state index contributed by atoms with van der Waals surface area (Å²) >= 11 is 6.27. The third-order valence-electron chi connectivity index (χ3n) is 6.14. The number of amides is 1. The van der Waals surface area contributed by atoms with Crippen molar-refractivity contribution in [2.45, 2.75) is 46.6 Å². The molecule has 1 fully saturated rings. The number of fused-ring (bicyclic) bond motifs is 1. The smallest absolute Gasteiger partial charge is 0.278 e. The molecule has 33 heavy (non-hydrogen) atoms. The van der Waals surface area contributed by atoms with Crippen molar-refractivity contribution in [3.63, 3.8) is 0 Å². The first-order valence-electron chi connectivity index (χ1n) is 10.9. The van der Waals surface area contributed by atoms with Crippen molar-refractivity contribution in [1.82, 2.24) is 25.3 Å². The lowest BCUT2D eigenvalue weighted by Gasteiger charge is -2.28. The van der Waals surface area contributed by atoms with Crippen molar-refractivity contribution in [2.75, 3.05) is 23.3 Å². The first kappa shape index (κ1) is 21.4. The molecule has 1 amide bonds. The molecule has 1 saturated heterocycles. The Bertz CT molecular complexity index is 1330. The zero-order valence-electron chi connectivity index (χ0n) is 18.7. The summed E-state index contributed by atoms with van der Waals surface area (Å²) in [7, 11) is 0. The van der Waals surface area contributed by atoms with Gasteiger partial charge in [0.1, 0.15) is 5.76 Å². The molecule has 0 aliphatic carbocycles. The molecule has 0 unspecified atom stereocenters. The summed E-state index contributed by atoms with van der Waals surface area (Å²) in [5.41, 5.74) is 4.94. The summed E-state index contributed by atoms with van der Waals surface area (Å²) in [4.78, 5) is 15.4. The van der Waals surface area contributed by atoms with Crippen molar-refractivity contribution in [3.8, 4) is 0 Å². The monoisotopic (exact) mass is 469 g/mol. The van der Waals surface area contributed by atoms with E-state index in [9.17, 15) is 4.79 Å². The normalized spacial score (nSPS) is 14.2. The summed E-state index contributed by atoms with van der Waals surface area (Å²) in [5, 5.41) is 20.1. The second-order valence-corrected chi connectivity index (χ2v) is 8.68. The van der Waals surface area contributed by atoms with Crippen LogP contribution in [0.15, 0.2) is 21.3 Å². The Morgan fingerprint density at radius 3 is 2.58 bits per heavy atom. The minimum atomic E-state index is -0.412. The average Bonchev–Trinajstić information content (AvgIpc) is 3.51. The molecule has 1 N–H and O–H groups in total. The Morgan fingerprint density at radius 1 is 1.09 bits per heavy atom. The van der Waals surface area contributed by atoms with Gasteiger partial charge in [0.05, 0.1) is 34.3 Å². The Labute approximate surface area is 194 Å². The van der Waals surface area contributed by atoms with Gasteiger partial charge in [-0.15, -0.1) is 0 Å². The number of aromatic nitrogens is 5. The molecule has 0 spiro atoms. The third-order valence-corrected chi connectivity index (χ3v) is 6.69. The number of nitrogens with zero attached hydrogens (tertiary/aromatic N) is 6. The Hall–Kier alpha value is -3.40. The fraction of sp³-hybridized carbons (Fsp3) is 0.409. The first-order chi connectivity index (χ1) is 15.9. The second-order valence-electron chi connectivity index (χ2n) is 8.30. The first-order valence-corrected chi connectivity index (χ1v) is 11.3. The van der Waals surface area contributed by atoms with Crippen LogP contribution in [0.2, 0.25) is 5.02 Å². The van der Waals surface area contributed by atoms with E-state index in [-0.39, 0.29) is 5.69 Å². The number of hydrogen-bond donors (Lipinski definition) is 1. The van der Waals surface area contributed by atoms with Gasteiger partial charge in [0, 0.05) is 18.7 Å². The van der Waals surface area contributed by atoms with Crippen LogP contribution < -0.4 is 10.2 Å². The van der Waals surface area contributed by atoms with E-state index in [0.29, 0.717) is 39.6 Å². The van der Waals surface area contributed by atoms with Crippen molar-refractivity contribution < 1.29 is 13.9 Å². The Balaban J connectivity index is 1.43. The molecule has 1 aliphatic heterocycles. The molecule has 0 bridgehead atoms. The summed E-state index contributed by atoms with van der Waals surface area (Å²) in [6.07, 6.45) is 3.51. The van der Waals surface area contributed by atoms with Crippen LogP contribution in [0.5, 0.6) is 0 Å². The number of carbonyl (C=O) groups is 1. The van der Waals surface area contributed by atoms with E-state index in [0.717, 1.165) is 43.0 Å². The Kier molecular flexibility index (Phi) is 5.53. The lowest BCUT2D eigenvalue weighted by Crippen LogP contribution is -2.29. The van der Waals surface area contributed by atoms with E-state index in [1.54, 1.807) is 11.6 Å². The maximum atomic E-state index is 13.2. The largest absolute Gasteiger partial charge is 0.370 e. The molecule has 11 heteroatoms. The zero-order valence-corrected chi connectivity index (χ0v) is 19.4. The molecule has 1 aromatic carbocycles. The van der Waals surface area contributed by atoms with E-state index in [1.807, 2.05) is 26.0 Å². The van der Waals surface area contributed by atoms with E-state index in [4.69, 9.17) is 20.8 Å². The molecule has 4 aromatic rings. The maximum absolute atomic E-state index is 13.2. The van der Waals surface area contributed by atoms with Crippen molar-refractivity contribution in [2.24, 2.45) is 0 Å². The lowest BCUT2D eigenvalue weighted by molar-refractivity contribution is 0.101. The number of piperidine rings is 1. The topological polar surface area (TPSA) is 115 Å². The average molecular weight is 470 g/mol. The van der Waals surface area contributed by atoms with Crippen molar-refractivity contribution in [1.29, 1.82) is 0 Å². The molecule has 0 atom stereocenters. The maximum Gasteiger partial charge on any atom is 0.278 e. The van der Waals surface area contributed by atoms with Crippen LogP contribution in [0.4, 0.5) is 11.4 Å². The van der Waals surface area contributed by atoms with Gasteiger partial charge < -0.3 is 14.7 Å². The third kappa shape index (κ3) is 3.84. The van der Waals surface area contributed by atoms with E-state index >= 15 is 0 Å². The molecule has 5 rings (SSSR count). The van der Waals surface area contributed by atoms with Crippen molar-refractivity contribution >= 4 is 39.9 Å². The standard InChI is InChI=1S/C22H24ClN7O3/c1-12-18(23)13(2)30(25-12)11-15-14(3)32-26-19(15)22(31)24-16-7-8-17(21-20(16)27-33-28-21)29-9-5-4-6-10-29/h7-8H,4-6,9-11H2,1-3H3,(H,24,31). The van der Waals surface area contributed by atoms with Gasteiger partial charge in [0.15, 0.2) is 16.7 Å². The van der Waals surface area contributed by atoms with Gasteiger partial charge in [-0.3, -0.25) is 9.48 Å². The second kappa shape index (κ2) is 8.51. The highest BCUT2D eigenvalue weighted by atomic mass is 35.5. The fourth-order valence-corrected chi connectivity index (χ4v) is 4.40. The molecule has 10 nitrogen and oxygen atoms in total. The summed E-state index contributed by atoms with van der Waals surface area (Å²) in [5.74, 6) is 0.127. The number of halogens is 1. The van der Waals surface area contributed by atoms with Crippen LogP contribution >= 0.6 is 11.6 Å². The molecule has 172 valence electrons. The molecule has 3 aromatic heterocycles. The lowest BCUT2D eigenvalue weighted by atomic mass is 10.1. The number of carbonyl (C=O) groups excluding carboxylic acids is 1. The number of benzene rings is 1. The van der Waals surface area contributed by atoms with Crippen LogP contribution in [0.3, 0.4) is 0 Å². The van der Waals surface area contributed by atoms with Gasteiger partial charge in [-0.25, -0.2) is 4.63 Å². The molecule has 4 heterocycles. The van der Waals surface area contributed by atoms with E-state index in [1.165, 1.54) is 6.42 Å². The van der Waals surface area contributed by atoms with Gasteiger partial charge in [0.2, 0.25) is 0 Å². The Morgan fingerprint density at radius 2 is 1.85 bits per heavy atom. The SMILES string of the molecule is Cc1nn(Cc2c(C(=O)Nc3ccc(N4CCCCC4)c4nonc34)noc2C)c(C)c1Cl. The van der Waals surface area contributed by atoms with Gasteiger partial charge in [-0.2, -0.15) is 5.10 Å². The van der Waals surface area contributed by atoms with Crippen LogP contribution in [-0.2, 0) is 6.54 Å². The van der Waals surface area contributed by atoms with Gasteiger partial charge in [0.25, 0.3) is 5.91 Å². The minimum absolute atomic E-state index is 0.181. The predicted molar refractivity (Wildman–Crippen MR) is 123 cm³/mol. The van der Waals surface area contributed by atoms with Crippen LogP contribution in [0.25, 0.3) is 11.0 Å². The zero-order chi connectivity index (χ0) is 23.1. The van der Waals surface area contributed by atoms with E-state index < -0.39 is 5.91 Å². The highest BCUT2D eigenvalue weighted by Gasteiger charge is 2.24. The predicted octanol–water partition coefficient (Wildman–Crippen LogP) is 4.28. The van der Waals surface area contributed by atoms with Gasteiger partial charge in [-0.05, 0) is 62.5 Å². The molecule has 0 saturated carbocycles. The van der Waals surface area contributed by atoms with Crippen LogP contribution in [0.1, 0.15) is 52.5 Å². The number of aryl methyl sites for hydroxylation is 2. The highest BCUT2D eigenvalue weighted by molar-refractivity contribution is 6.31. The fourth-order valence-electron chi connectivity index (χ4n) is 4.26. The highest BCUT2D eigenvalue weighted by Crippen LogP contribution is 2.32. The van der Waals surface area contributed by atoms with Crippen molar-refractivity contribution in [3.05, 3.63) is 45.6 Å². The summed E-state index contributed by atoms with van der Waals surface area (Å²) in [6.45, 7) is 7.72. The quantitative estimate of drug-likeness (QED) is 0.460. The number of anilines is 2. The molecule has 0 radical (unpaired) electrons. The number of hydrogen-bond acceptors (Lipinski definition) is 8. The molecular weight excluding hydrogens is 446 g/mol. The van der Waals surface area contributed by atoms with E-state index in [2.05, 4.69) is 30.8 Å². The molecule has 1 aliphatic rings. The number of nitrogens with one attached hydrogen (secondary N) is 1. The molecular formula is C22H24ClN7O3. The summed E-state index contributed by atoms with van der Waals surface area (Å²) in [6, 6.07) is 3.77. The van der Waals surface area contributed by atoms with Gasteiger partial charge >= 0.3 is 0 Å². The number of rotatable bonds is 5. The summed E-state index contributed by atoms with van der Waals surface area (Å²) < 4.78 is 12.1. The van der Waals surface area contributed by atoms with Gasteiger partial charge in [-0.1, -0.05) is 16.8 Å². The van der Waals surface area contributed by atoms with Crippen LogP contribution in [-0.4, -0.2) is 44.2 Å². The minimum Gasteiger partial charge on any atom is -0.370 e. The van der Waals surface area contributed by atoms with Crippen LogP contribution in [0, 0.1) is 20.8 Å².